The fourth-order valence-corrected chi connectivity index (χ4v) is 4.72. The lowest BCUT2D eigenvalue weighted by Crippen LogP contribution is -2.34. The number of rotatable bonds is 6. The summed E-state index contributed by atoms with van der Waals surface area (Å²) in [6.45, 7) is 3.55. The fraction of sp³-hybridized carbons (Fsp3) is 0.458. The van der Waals surface area contributed by atoms with Crippen molar-refractivity contribution in [3.63, 3.8) is 0 Å². The Morgan fingerprint density at radius 1 is 1.09 bits per heavy atom. The van der Waals surface area contributed by atoms with Crippen molar-refractivity contribution in [3.05, 3.63) is 41.5 Å². The molecule has 0 aromatic heterocycles. The summed E-state index contributed by atoms with van der Waals surface area (Å²) in [6.07, 6.45) is 4.43. The van der Waals surface area contributed by atoms with E-state index in [1.165, 1.54) is 13.8 Å². The largest absolute Gasteiger partial charge is 0.454 e. The molecule has 4 rings (SSSR count). The van der Waals surface area contributed by atoms with E-state index < -0.39 is 12.1 Å². The van der Waals surface area contributed by atoms with Crippen LogP contribution in [0.25, 0.3) is 0 Å². The van der Waals surface area contributed by atoms with E-state index in [1.807, 2.05) is 12.2 Å². The predicted molar refractivity (Wildman–Crippen MR) is 115 cm³/mol. The normalized spacial score (nSPS) is 22.6. The van der Waals surface area contributed by atoms with Crippen molar-refractivity contribution in [2.75, 3.05) is 18.0 Å². The number of ketones is 1. The first kappa shape index (κ1) is 21.9. The summed E-state index contributed by atoms with van der Waals surface area (Å²) in [5.74, 6) is -2.16. The molecule has 0 spiro atoms. The van der Waals surface area contributed by atoms with Gasteiger partial charge in [0.15, 0.2) is 6.10 Å². The monoisotopic (exact) mass is 438 g/mol. The first-order chi connectivity index (χ1) is 15.3. The average molecular weight is 438 g/mol. The summed E-state index contributed by atoms with van der Waals surface area (Å²) in [5.41, 5.74) is 2.12. The standard InChI is InChI=1S/C24H26N2O6/c1-14(22(29)17-7-8-20-16(13-17)9-11-25(20)15(2)27)32-21(28)10-12-26-23(30)18-5-3-4-6-19(18)24(26)31/h3-4,7-8,13-14,18-19H,5-6,9-12H2,1-2H3/t14-,18-,19-/m0/s1. The first-order valence-electron chi connectivity index (χ1n) is 10.9. The van der Waals surface area contributed by atoms with E-state index in [0.717, 1.165) is 16.2 Å². The van der Waals surface area contributed by atoms with E-state index in [9.17, 15) is 24.0 Å². The number of esters is 1. The molecule has 0 saturated carbocycles. The number of Topliss-reactive ketones (excluding diaryl/α,β-unsaturated/α-hetero) is 1. The zero-order chi connectivity index (χ0) is 23.0. The van der Waals surface area contributed by atoms with E-state index in [-0.39, 0.29) is 48.3 Å². The van der Waals surface area contributed by atoms with E-state index in [2.05, 4.69) is 0 Å². The van der Waals surface area contributed by atoms with Gasteiger partial charge in [0.05, 0.1) is 18.3 Å². The zero-order valence-electron chi connectivity index (χ0n) is 18.2. The van der Waals surface area contributed by atoms with Crippen LogP contribution in [0.5, 0.6) is 0 Å². The third-order valence-corrected chi connectivity index (χ3v) is 6.46. The highest BCUT2D eigenvalue weighted by Crippen LogP contribution is 2.35. The van der Waals surface area contributed by atoms with Crippen LogP contribution in [-0.2, 0) is 30.3 Å². The second kappa shape index (κ2) is 8.68. The van der Waals surface area contributed by atoms with Crippen LogP contribution in [0, 0.1) is 11.8 Å². The van der Waals surface area contributed by atoms with Crippen LogP contribution < -0.4 is 4.90 Å². The van der Waals surface area contributed by atoms with Gasteiger partial charge in [-0.1, -0.05) is 12.2 Å². The van der Waals surface area contributed by atoms with Crippen molar-refractivity contribution < 1.29 is 28.7 Å². The lowest BCUT2D eigenvalue weighted by atomic mass is 9.85. The highest BCUT2D eigenvalue weighted by Gasteiger charge is 2.47. The average Bonchev–Trinajstić information content (AvgIpc) is 3.31. The van der Waals surface area contributed by atoms with Gasteiger partial charge in [-0.25, -0.2) is 0 Å². The number of amides is 3. The lowest BCUT2D eigenvalue weighted by molar-refractivity contribution is -0.148. The zero-order valence-corrected chi connectivity index (χ0v) is 18.2. The van der Waals surface area contributed by atoms with Gasteiger partial charge in [-0.2, -0.15) is 0 Å². The summed E-state index contributed by atoms with van der Waals surface area (Å²) in [5, 5.41) is 0. The minimum atomic E-state index is -0.998. The summed E-state index contributed by atoms with van der Waals surface area (Å²) in [7, 11) is 0. The van der Waals surface area contributed by atoms with Crippen molar-refractivity contribution >= 4 is 35.2 Å². The number of likely N-dealkylation sites (tertiary alicyclic amines) is 1. The molecule has 1 saturated heterocycles. The molecule has 8 nitrogen and oxygen atoms in total. The van der Waals surface area contributed by atoms with Gasteiger partial charge in [-0.3, -0.25) is 28.9 Å². The Morgan fingerprint density at radius 2 is 1.75 bits per heavy atom. The number of hydrogen-bond acceptors (Lipinski definition) is 6. The van der Waals surface area contributed by atoms with Crippen molar-refractivity contribution in [2.24, 2.45) is 11.8 Å². The molecule has 0 unspecified atom stereocenters. The van der Waals surface area contributed by atoms with Crippen LogP contribution in [-0.4, -0.2) is 53.6 Å². The van der Waals surface area contributed by atoms with Crippen LogP contribution in [0.15, 0.2) is 30.4 Å². The number of hydrogen-bond donors (Lipinski definition) is 0. The molecule has 1 aromatic rings. The van der Waals surface area contributed by atoms with Crippen molar-refractivity contribution in [1.82, 2.24) is 4.90 Å². The molecule has 1 fully saturated rings. The molecular weight excluding hydrogens is 412 g/mol. The molecule has 168 valence electrons. The van der Waals surface area contributed by atoms with Gasteiger partial charge in [0.2, 0.25) is 23.5 Å². The molecule has 1 aromatic carbocycles. The summed E-state index contributed by atoms with van der Waals surface area (Å²) < 4.78 is 5.28. The SMILES string of the molecule is CC(=O)N1CCc2cc(C(=O)[C@H](C)OC(=O)CCN3C(=O)[C@H]4CC=CC[C@@H]4C3=O)ccc21. The third-order valence-electron chi connectivity index (χ3n) is 6.46. The van der Waals surface area contributed by atoms with Crippen LogP contribution in [0.4, 0.5) is 5.69 Å². The van der Waals surface area contributed by atoms with Crippen molar-refractivity contribution in [1.29, 1.82) is 0 Å². The molecule has 1 aliphatic carbocycles. The second-order valence-electron chi connectivity index (χ2n) is 8.49. The number of anilines is 1. The number of allylic oxidation sites excluding steroid dienone is 2. The number of imide groups is 1. The van der Waals surface area contributed by atoms with Gasteiger partial charge in [-0.05, 0) is 49.9 Å². The predicted octanol–water partition coefficient (Wildman–Crippen LogP) is 2.05. The van der Waals surface area contributed by atoms with E-state index >= 15 is 0 Å². The Bertz CT molecular complexity index is 1000. The van der Waals surface area contributed by atoms with E-state index in [0.29, 0.717) is 31.4 Å². The molecule has 3 atom stereocenters. The first-order valence-corrected chi connectivity index (χ1v) is 10.9. The highest BCUT2D eigenvalue weighted by atomic mass is 16.5. The molecule has 0 N–H and O–H groups in total. The van der Waals surface area contributed by atoms with Crippen LogP contribution in [0.1, 0.15) is 49.0 Å². The molecule has 8 heteroatoms. The topological polar surface area (TPSA) is 101 Å². The Balaban J connectivity index is 1.32. The lowest BCUT2D eigenvalue weighted by Gasteiger charge is -2.17. The van der Waals surface area contributed by atoms with Gasteiger partial charge in [0.1, 0.15) is 0 Å². The maximum absolute atomic E-state index is 12.7. The molecule has 2 aliphatic heterocycles. The molecular formula is C24H26N2O6. The minimum absolute atomic E-state index is 0.0376. The van der Waals surface area contributed by atoms with Gasteiger partial charge in [0, 0.05) is 31.3 Å². The van der Waals surface area contributed by atoms with Gasteiger partial charge >= 0.3 is 5.97 Å². The second-order valence-corrected chi connectivity index (χ2v) is 8.49. The Labute approximate surface area is 186 Å². The number of benzene rings is 1. The van der Waals surface area contributed by atoms with Gasteiger partial charge in [0.25, 0.3) is 0 Å². The number of carbonyl (C=O) groups excluding carboxylic acids is 5. The van der Waals surface area contributed by atoms with Gasteiger partial charge in [-0.15, -0.1) is 0 Å². The number of carbonyl (C=O) groups is 5. The van der Waals surface area contributed by atoms with E-state index in [4.69, 9.17) is 4.74 Å². The maximum Gasteiger partial charge on any atom is 0.308 e. The Hall–Kier alpha value is -3.29. The molecule has 0 bridgehead atoms. The Kier molecular flexibility index (Phi) is 5.95. The Morgan fingerprint density at radius 3 is 2.38 bits per heavy atom. The maximum atomic E-state index is 12.7. The molecule has 3 aliphatic rings. The van der Waals surface area contributed by atoms with Crippen molar-refractivity contribution in [3.8, 4) is 0 Å². The molecule has 2 heterocycles. The number of fused-ring (bicyclic) bond motifs is 2. The quantitative estimate of drug-likeness (QED) is 0.292. The summed E-state index contributed by atoms with van der Waals surface area (Å²) in [4.78, 5) is 64.5. The van der Waals surface area contributed by atoms with Crippen LogP contribution in [0.3, 0.4) is 0 Å². The van der Waals surface area contributed by atoms with Crippen molar-refractivity contribution in [2.45, 2.75) is 45.6 Å². The fourth-order valence-electron chi connectivity index (χ4n) is 4.72. The summed E-state index contributed by atoms with van der Waals surface area (Å²) >= 11 is 0. The van der Waals surface area contributed by atoms with E-state index in [1.54, 1.807) is 23.1 Å². The van der Waals surface area contributed by atoms with Crippen LogP contribution >= 0.6 is 0 Å². The minimum Gasteiger partial charge on any atom is -0.454 e. The summed E-state index contributed by atoms with van der Waals surface area (Å²) in [6, 6.07) is 5.11. The molecule has 3 amide bonds. The van der Waals surface area contributed by atoms with Gasteiger partial charge < -0.3 is 9.64 Å². The van der Waals surface area contributed by atoms with Crippen LogP contribution in [0.2, 0.25) is 0 Å². The number of nitrogens with zero attached hydrogens (tertiary/aromatic N) is 2. The highest BCUT2D eigenvalue weighted by molar-refractivity contribution is 6.05. The number of ether oxygens (including phenoxy) is 1. The third kappa shape index (κ3) is 3.97. The molecule has 0 radical (unpaired) electrons. The smallest absolute Gasteiger partial charge is 0.308 e. The molecule has 32 heavy (non-hydrogen) atoms.